The number of hydrogen-bond donors (Lipinski definition) is 2. The van der Waals surface area contributed by atoms with Gasteiger partial charge in [0.05, 0.1) is 16.7 Å². The molecule has 0 unspecified atom stereocenters. The van der Waals surface area contributed by atoms with E-state index < -0.39 is 27.3 Å². The normalized spacial score (nSPS) is 11.8. The summed E-state index contributed by atoms with van der Waals surface area (Å²) in [6, 6.07) is 14.1. The Morgan fingerprint density at radius 3 is 2.12 bits per heavy atom. The Balaban J connectivity index is 2.21. The molecule has 3 aromatic carbocycles. The van der Waals surface area contributed by atoms with Crippen molar-refractivity contribution >= 4 is 32.5 Å². The number of anilines is 1. The van der Waals surface area contributed by atoms with E-state index in [1.165, 1.54) is 10.4 Å². The molecule has 32 heavy (non-hydrogen) atoms. The van der Waals surface area contributed by atoms with Gasteiger partial charge in [-0.15, -0.1) is 0 Å². The number of hydrogen-bond acceptors (Lipinski definition) is 5. The minimum atomic E-state index is -4.17. The Kier molecular flexibility index (Phi) is 6.64. The lowest BCUT2D eigenvalue weighted by Crippen LogP contribution is -2.34. The third-order valence-electron chi connectivity index (χ3n) is 4.80. The molecule has 0 fully saturated rings. The number of ether oxygens (including phenoxy) is 1. The molecule has 8 heteroatoms. The van der Waals surface area contributed by atoms with E-state index in [4.69, 9.17) is 4.74 Å². The number of aromatic hydroxyl groups is 1. The number of fused-ring (bicyclic) bond motifs is 1. The second kappa shape index (κ2) is 9.08. The number of phenols is 1. The molecule has 0 saturated carbocycles. The van der Waals surface area contributed by atoms with Crippen molar-refractivity contribution in [1.29, 1.82) is 0 Å². The summed E-state index contributed by atoms with van der Waals surface area (Å²) in [5.41, 5.74) is -0.0312. The summed E-state index contributed by atoms with van der Waals surface area (Å²) in [7, 11) is -4.17. The van der Waals surface area contributed by atoms with Gasteiger partial charge in [-0.2, -0.15) is 0 Å². The maximum Gasteiger partial charge on any atom is 0.339 e. The van der Waals surface area contributed by atoms with Crippen LogP contribution in [0.3, 0.4) is 0 Å². The lowest BCUT2D eigenvalue weighted by Gasteiger charge is -2.27. The summed E-state index contributed by atoms with van der Waals surface area (Å²) in [6.07, 6.45) is -0.0193. The number of carboxylic acid groups (broad SMARTS) is 1. The molecule has 0 amide bonds. The minimum Gasteiger partial charge on any atom is -0.506 e. The summed E-state index contributed by atoms with van der Waals surface area (Å²) in [4.78, 5) is 11.5. The number of sulfonamides is 1. The van der Waals surface area contributed by atoms with Crippen LogP contribution in [0.4, 0.5) is 5.69 Å². The third-order valence-corrected chi connectivity index (χ3v) is 6.64. The molecule has 0 saturated heterocycles. The SMILES string of the molecule is CC(C)CN(c1ccc(OC(C)C)cc1)S(=O)(=O)c1cc(C(=O)O)c(O)c2ccccc12. The average molecular weight is 458 g/mol. The zero-order valence-electron chi connectivity index (χ0n) is 18.4. The van der Waals surface area contributed by atoms with Gasteiger partial charge in [0.1, 0.15) is 17.1 Å². The maximum atomic E-state index is 13.9. The molecule has 0 bridgehead atoms. The Bertz CT molecular complexity index is 1230. The van der Waals surface area contributed by atoms with Gasteiger partial charge in [-0.05, 0) is 50.1 Å². The molecule has 3 rings (SSSR count). The largest absolute Gasteiger partial charge is 0.506 e. The summed E-state index contributed by atoms with van der Waals surface area (Å²) in [6.45, 7) is 7.79. The van der Waals surface area contributed by atoms with E-state index >= 15 is 0 Å². The van der Waals surface area contributed by atoms with E-state index in [-0.39, 0.29) is 34.2 Å². The highest BCUT2D eigenvalue weighted by atomic mass is 32.2. The molecule has 0 radical (unpaired) electrons. The Hall–Kier alpha value is -3.26. The Morgan fingerprint density at radius 1 is 1.00 bits per heavy atom. The van der Waals surface area contributed by atoms with Gasteiger partial charge in [-0.3, -0.25) is 4.31 Å². The van der Waals surface area contributed by atoms with Crippen LogP contribution < -0.4 is 9.04 Å². The lowest BCUT2D eigenvalue weighted by molar-refractivity contribution is 0.0693. The monoisotopic (exact) mass is 457 g/mol. The fourth-order valence-electron chi connectivity index (χ4n) is 3.46. The topological polar surface area (TPSA) is 104 Å². The fourth-order valence-corrected chi connectivity index (χ4v) is 5.31. The molecular formula is C24H27NO6S. The van der Waals surface area contributed by atoms with E-state index in [0.29, 0.717) is 11.4 Å². The van der Waals surface area contributed by atoms with E-state index in [1.807, 2.05) is 27.7 Å². The molecule has 0 aliphatic heterocycles. The van der Waals surface area contributed by atoms with Gasteiger partial charge in [0.25, 0.3) is 10.0 Å². The van der Waals surface area contributed by atoms with Crippen LogP contribution in [0.5, 0.6) is 11.5 Å². The van der Waals surface area contributed by atoms with Crippen molar-refractivity contribution in [2.24, 2.45) is 5.92 Å². The molecule has 0 aliphatic carbocycles. The highest BCUT2D eigenvalue weighted by molar-refractivity contribution is 7.93. The van der Waals surface area contributed by atoms with Crippen molar-refractivity contribution in [3.63, 3.8) is 0 Å². The molecule has 0 aromatic heterocycles. The average Bonchev–Trinajstić information content (AvgIpc) is 2.72. The van der Waals surface area contributed by atoms with Crippen molar-refractivity contribution in [2.45, 2.75) is 38.7 Å². The zero-order chi connectivity index (χ0) is 23.6. The maximum absolute atomic E-state index is 13.9. The molecule has 0 aliphatic rings. The van der Waals surface area contributed by atoms with E-state index in [9.17, 15) is 23.4 Å². The number of benzene rings is 3. The second-order valence-corrected chi connectivity index (χ2v) is 10.0. The minimum absolute atomic E-state index is 0.00121. The summed E-state index contributed by atoms with van der Waals surface area (Å²) < 4.78 is 34.6. The first-order chi connectivity index (χ1) is 15.0. The molecular weight excluding hydrogens is 430 g/mol. The lowest BCUT2D eigenvalue weighted by atomic mass is 10.1. The molecule has 3 aromatic rings. The van der Waals surface area contributed by atoms with Crippen molar-refractivity contribution in [3.8, 4) is 11.5 Å². The van der Waals surface area contributed by atoms with Crippen LogP contribution in [0.2, 0.25) is 0 Å². The number of rotatable bonds is 8. The van der Waals surface area contributed by atoms with Gasteiger partial charge in [0.15, 0.2) is 0 Å². The third kappa shape index (κ3) is 4.65. The Labute approximate surface area is 187 Å². The van der Waals surface area contributed by atoms with Crippen LogP contribution in [-0.4, -0.2) is 37.2 Å². The van der Waals surface area contributed by atoms with Gasteiger partial charge < -0.3 is 14.9 Å². The van der Waals surface area contributed by atoms with Crippen LogP contribution in [-0.2, 0) is 10.0 Å². The Morgan fingerprint density at radius 2 is 1.59 bits per heavy atom. The number of nitrogens with zero attached hydrogens (tertiary/aromatic N) is 1. The molecule has 2 N–H and O–H groups in total. The molecule has 0 spiro atoms. The number of aromatic carboxylic acids is 1. The van der Waals surface area contributed by atoms with Crippen LogP contribution >= 0.6 is 0 Å². The van der Waals surface area contributed by atoms with Crippen LogP contribution in [0.15, 0.2) is 59.5 Å². The summed E-state index contributed by atoms with van der Waals surface area (Å²) >= 11 is 0. The smallest absolute Gasteiger partial charge is 0.339 e. The molecule has 0 atom stereocenters. The standard InChI is InChI=1S/C24H27NO6S/c1-15(2)14-25(17-9-11-18(12-10-17)31-16(3)4)32(29,30)22-13-21(24(27)28)23(26)20-8-6-5-7-19(20)22/h5-13,15-16,26H,14H2,1-4H3,(H,27,28). The fraction of sp³-hybridized carbons (Fsp3) is 0.292. The van der Waals surface area contributed by atoms with Crippen LogP contribution in [0.25, 0.3) is 10.8 Å². The first kappa shape index (κ1) is 23.4. The highest BCUT2D eigenvalue weighted by Crippen LogP contribution is 2.37. The second-order valence-electron chi connectivity index (χ2n) is 8.21. The van der Waals surface area contributed by atoms with E-state index in [2.05, 4.69) is 0 Å². The summed E-state index contributed by atoms with van der Waals surface area (Å²) in [5.74, 6) is -1.25. The predicted octanol–water partition coefficient (Wildman–Crippen LogP) is 4.88. The van der Waals surface area contributed by atoms with Gasteiger partial charge in [0, 0.05) is 17.3 Å². The van der Waals surface area contributed by atoms with Crippen molar-refractivity contribution in [1.82, 2.24) is 0 Å². The van der Waals surface area contributed by atoms with Crippen LogP contribution in [0, 0.1) is 5.92 Å². The quantitative estimate of drug-likeness (QED) is 0.499. The van der Waals surface area contributed by atoms with Gasteiger partial charge in [-0.1, -0.05) is 38.1 Å². The highest BCUT2D eigenvalue weighted by Gasteiger charge is 2.30. The van der Waals surface area contributed by atoms with E-state index in [0.717, 1.165) is 6.07 Å². The zero-order valence-corrected chi connectivity index (χ0v) is 19.3. The first-order valence-electron chi connectivity index (χ1n) is 10.3. The van der Waals surface area contributed by atoms with Gasteiger partial charge >= 0.3 is 5.97 Å². The number of carboxylic acids is 1. The molecule has 0 heterocycles. The van der Waals surface area contributed by atoms with Crippen molar-refractivity contribution < 1.29 is 28.2 Å². The predicted molar refractivity (Wildman–Crippen MR) is 124 cm³/mol. The van der Waals surface area contributed by atoms with E-state index in [1.54, 1.807) is 42.5 Å². The molecule has 7 nitrogen and oxygen atoms in total. The van der Waals surface area contributed by atoms with Crippen LogP contribution in [0.1, 0.15) is 38.1 Å². The van der Waals surface area contributed by atoms with Gasteiger partial charge in [0.2, 0.25) is 0 Å². The molecule has 170 valence electrons. The first-order valence-corrected chi connectivity index (χ1v) is 11.7. The van der Waals surface area contributed by atoms with Crippen molar-refractivity contribution in [3.05, 3.63) is 60.2 Å². The van der Waals surface area contributed by atoms with Crippen molar-refractivity contribution in [2.75, 3.05) is 10.8 Å². The summed E-state index contributed by atoms with van der Waals surface area (Å²) in [5, 5.41) is 20.4. The van der Waals surface area contributed by atoms with Gasteiger partial charge in [-0.25, -0.2) is 13.2 Å². The number of carbonyl (C=O) groups is 1.